The number of carbonyl (C=O) groups excluding carboxylic acids is 1. The minimum Gasteiger partial charge on any atom is -0.338 e. The Morgan fingerprint density at radius 2 is 2.08 bits per heavy atom. The lowest BCUT2D eigenvalue weighted by Gasteiger charge is -2.38. The van der Waals surface area contributed by atoms with Crippen molar-refractivity contribution in [2.45, 2.75) is 44.7 Å². The number of nitrogens with zero attached hydrogens (tertiary/aromatic N) is 3. The van der Waals surface area contributed by atoms with E-state index in [1.807, 2.05) is 53.0 Å². The first-order valence-corrected chi connectivity index (χ1v) is 8.29. The molecule has 0 saturated carbocycles. The van der Waals surface area contributed by atoms with Crippen LogP contribution in [0.2, 0.25) is 0 Å². The molecule has 2 heterocycles. The summed E-state index contributed by atoms with van der Waals surface area (Å²) in [7, 11) is 0. The van der Waals surface area contributed by atoms with Crippen LogP contribution < -0.4 is 5.73 Å². The number of likely N-dealkylation sites (tertiary alicyclic amines) is 1. The lowest BCUT2D eigenvalue weighted by molar-refractivity contribution is -0.134. The van der Waals surface area contributed by atoms with Gasteiger partial charge in [-0.2, -0.15) is 5.10 Å². The van der Waals surface area contributed by atoms with E-state index in [0.29, 0.717) is 6.42 Å². The third kappa shape index (κ3) is 4.16. The molecule has 3 rings (SSSR count). The fraction of sp³-hybridized carbons (Fsp3) is 0.444. The first-order valence-electron chi connectivity index (χ1n) is 8.29. The third-order valence-electron chi connectivity index (χ3n) is 4.49. The summed E-state index contributed by atoms with van der Waals surface area (Å²) in [5, 5.41) is 4.36. The molecule has 1 saturated heterocycles. The zero-order chi connectivity index (χ0) is 16.2. The second-order valence-corrected chi connectivity index (χ2v) is 6.31. The van der Waals surface area contributed by atoms with Crippen molar-refractivity contribution in [1.82, 2.24) is 14.7 Å². The summed E-state index contributed by atoms with van der Waals surface area (Å²) in [6.45, 7) is 2.81. The molecule has 5 nitrogen and oxygen atoms in total. The molecule has 2 N–H and O–H groups in total. The number of amides is 1. The third-order valence-corrected chi connectivity index (χ3v) is 4.49. The Morgan fingerprint density at radius 3 is 2.79 bits per heavy atom. The second-order valence-electron chi connectivity index (χ2n) is 6.31. The van der Waals surface area contributed by atoms with E-state index in [1.165, 1.54) is 0 Å². The molecule has 0 bridgehead atoms. The molecule has 130 valence electrons. The van der Waals surface area contributed by atoms with Crippen LogP contribution in [0.5, 0.6) is 0 Å². The number of hydrogen-bond acceptors (Lipinski definition) is 3. The molecule has 2 unspecified atom stereocenters. The minimum absolute atomic E-state index is 0. The van der Waals surface area contributed by atoms with Crippen LogP contribution in [0.1, 0.15) is 31.7 Å². The Labute approximate surface area is 149 Å². The van der Waals surface area contributed by atoms with E-state index in [1.54, 1.807) is 6.20 Å². The molecular weight excluding hydrogens is 324 g/mol. The molecule has 6 heteroatoms. The van der Waals surface area contributed by atoms with Gasteiger partial charge in [0.05, 0.1) is 18.3 Å². The summed E-state index contributed by atoms with van der Waals surface area (Å²) >= 11 is 0. The first kappa shape index (κ1) is 18.5. The Kier molecular flexibility index (Phi) is 6.40. The van der Waals surface area contributed by atoms with E-state index < -0.39 is 0 Å². The van der Waals surface area contributed by atoms with Gasteiger partial charge in [0, 0.05) is 24.8 Å². The van der Waals surface area contributed by atoms with Crippen molar-refractivity contribution >= 4 is 18.3 Å². The molecule has 1 aliphatic rings. The Bertz CT molecular complexity index is 656. The number of aromatic nitrogens is 2. The van der Waals surface area contributed by atoms with Crippen LogP contribution in [0, 0.1) is 0 Å². The van der Waals surface area contributed by atoms with E-state index in [0.717, 1.165) is 37.1 Å². The molecule has 1 aromatic heterocycles. The molecule has 2 aromatic rings. The minimum atomic E-state index is 0. The summed E-state index contributed by atoms with van der Waals surface area (Å²) in [6.07, 6.45) is 7.32. The fourth-order valence-corrected chi connectivity index (χ4v) is 3.26. The van der Waals surface area contributed by atoms with Gasteiger partial charge in [0.2, 0.25) is 5.91 Å². The van der Waals surface area contributed by atoms with Gasteiger partial charge in [-0.25, -0.2) is 4.68 Å². The maximum Gasteiger partial charge on any atom is 0.227 e. The average Bonchev–Trinajstić information content (AvgIpc) is 3.04. The van der Waals surface area contributed by atoms with Crippen LogP contribution in [0.4, 0.5) is 0 Å². The van der Waals surface area contributed by atoms with Crippen molar-refractivity contribution in [2.24, 2.45) is 5.73 Å². The maximum absolute atomic E-state index is 12.7. The summed E-state index contributed by atoms with van der Waals surface area (Å²) < 4.78 is 1.81. The van der Waals surface area contributed by atoms with E-state index in [9.17, 15) is 4.79 Å². The zero-order valence-corrected chi connectivity index (χ0v) is 14.8. The summed E-state index contributed by atoms with van der Waals surface area (Å²) in [6, 6.07) is 10.1. The van der Waals surface area contributed by atoms with Gasteiger partial charge in [0.25, 0.3) is 0 Å². The topological polar surface area (TPSA) is 64.2 Å². The van der Waals surface area contributed by atoms with Crippen LogP contribution in [0.15, 0.2) is 42.7 Å². The molecule has 2 atom stereocenters. The Morgan fingerprint density at radius 1 is 1.33 bits per heavy atom. The van der Waals surface area contributed by atoms with Gasteiger partial charge in [-0.05, 0) is 43.9 Å². The van der Waals surface area contributed by atoms with Gasteiger partial charge in [-0.15, -0.1) is 12.4 Å². The Hall–Kier alpha value is -1.85. The highest BCUT2D eigenvalue weighted by Gasteiger charge is 2.29. The molecule has 0 spiro atoms. The van der Waals surface area contributed by atoms with Crippen LogP contribution >= 0.6 is 12.4 Å². The summed E-state index contributed by atoms with van der Waals surface area (Å²) in [5.41, 5.74) is 7.99. The summed E-state index contributed by atoms with van der Waals surface area (Å²) in [4.78, 5) is 14.6. The van der Waals surface area contributed by atoms with E-state index >= 15 is 0 Å². The number of hydrogen-bond donors (Lipinski definition) is 1. The van der Waals surface area contributed by atoms with Crippen LogP contribution in [0.3, 0.4) is 0 Å². The Balaban J connectivity index is 0.00000208. The van der Waals surface area contributed by atoms with Crippen molar-refractivity contribution < 1.29 is 4.79 Å². The smallest absolute Gasteiger partial charge is 0.227 e. The number of rotatable bonds is 4. The van der Waals surface area contributed by atoms with Crippen molar-refractivity contribution in [3.63, 3.8) is 0 Å². The predicted octanol–water partition coefficient (Wildman–Crippen LogP) is 2.56. The van der Waals surface area contributed by atoms with Crippen LogP contribution in [-0.4, -0.2) is 39.2 Å². The van der Waals surface area contributed by atoms with Gasteiger partial charge in [-0.1, -0.05) is 18.2 Å². The molecular formula is C18H25ClN4O. The molecule has 1 amide bonds. The molecule has 24 heavy (non-hydrogen) atoms. The number of piperidine rings is 1. The molecule has 0 aliphatic carbocycles. The van der Waals surface area contributed by atoms with Crippen LogP contribution in [-0.2, 0) is 11.2 Å². The first-order chi connectivity index (χ1) is 11.1. The number of halogens is 1. The van der Waals surface area contributed by atoms with Crippen molar-refractivity contribution in [3.8, 4) is 5.69 Å². The molecule has 0 radical (unpaired) electrons. The molecule has 1 aliphatic heterocycles. The zero-order valence-electron chi connectivity index (χ0n) is 14.0. The van der Waals surface area contributed by atoms with Gasteiger partial charge in [0.15, 0.2) is 0 Å². The van der Waals surface area contributed by atoms with Crippen molar-refractivity contribution in [2.75, 3.05) is 6.54 Å². The number of carbonyl (C=O) groups is 1. The fourth-order valence-electron chi connectivity index (χ4n) is 3.26. The lowest BCUT2D eigenvalue weighted by Crippen LogP contribution is -2.52. The highest BCUT2D eigenvalue weighted by Crippen LogP contribution is 2.20. The van der Waals surface area contributed by atoms with Crippen molar-refractivity contribution in [1.29, 1.82) is 0 Å². The van der Waals surface area contributed by atoms with E-state index in [-0.39, 0.29) is 30.4 Å². The van der Waals surface area contributed by atoms with Gasteiger partial charge in [-0.3, -0.25) is 4.79 Å². The van der Waals surface area contributed by atoms with Gasteiger partial charge < -0.3 is 10.6 Å². The van der Waals surface area contributed by atoms with Crippen molar-refractivity contribution in [3.05, 3.63) is 48.3 Å². The highest BCUT2D eigenvalue weighted by molar-refractivity contribution is 5.85. The second kappa shape index (κ2) is 8.31. The predicted molar refractivity (Wildman–Crippen MR) is 97.5 cm³/mol. The lowest BCUT2D eigenvalue weighted by atomic mass is 9.96. The monoisotopic (exact) mass is 348 g/mol. The normalized spacial score (nSPS) is 18.8. The highest BCUT2D eigenvalue weighted by atomic mass is 35.5. The van der Waals surface area contributed by atoms with Gasteiger partial charge >= 0.3 is 0 Å². The van der Waals surface area contributed by atoms with Crippen LogP contribution in [0.25, 0.3) is 5.69 Å². The SMILES string of the molecule is CC(N)C1CCCCN1C(=O)Cc1cnn(-c2ccccc2)c1.Cl. The molecule has 1 aromatic carbocycles. The summed E-state index contributed by atoms with van der Waals surface area (Å²) in [5.74, 6) is 0.152. The van der Waals surface area contributed by atoms with E-state index in [4.69, 9.17) is 5.73 Å². The number of para-hydroxylation sites is 1. The van der Waals surface area contributed by atoms with E-state index in [2.05, 4.69) is 5.10 Å². The molecule has 1 fully saturated rings. The standard InChI is InChI=1S/C18H24N4O.ClH/c1-14(19)17-9-5-6-10-21(17)18(23)11-15-12-20-22(13-15)16-7-3-2-4-8-16;/h2-4,7-8,12-14,17H,5-6,9-11,19H2,1H3;1H. The maximum atomic E-state index is 12.7. The average molecular weight is 349 g/mol. The number of nitrogens with two attached hydrogens (primary N) is 1. The largest absolute Gasteiger partial charge is 0.338 e. The quantitative estimate of drug-likeness (QED) is 0.923. The number of benzene rings is 1. The van der Waals surface area contributed by atoms with Gasteiger partial charge in [0.1, 0.15) is 0 Å².